The van der Waals surface area contributed by atoms with Crippen LogP contribution >= 0.6 is 0 Å². The highest BCUT2D eigenvalue weighted by atomic mass is 79.9. The molecule has 0 fully saturated rings. The van der Waals surface area contributed by atoms with Gasteiger partial charge in [-0.3, -0.25) is 5.43 Å². The smallest absolute Gasteiger partial charge is 0.271 e. The summed E-state index contributed by atoms with van der Waals surface area (Å²) in [4.78, 5) is 0. The van der Waals surface area contributed by atoms with E-state index in [1.54, 1.807) is 6.20 Å². The first-order valence-electron chi connectivity index (χ1n) is 3.32. The Morgan fingerprint density at radius 3 is 2.91 bits per heavy atom. The van der Waals surface area contributed by atoms with Crippen molar-refractivity contribution in [1.29, 1.82) is 0 Å². The molecule has 1 aromatic heterocycles. The standard InChI is InChI=1S/C7H12N3.BrH/c1-3-8-10-6-5-9(4-2)7-10;/h4-8H,2-3H2,1H3;1H/q+1;/p-1. The average molecular weight is 218 g/mol. The molecule has 1 N–H and O–H groups in total. The summed E-state index contributed by atoms with van der Waals surface area (Å²) in [6.07, 6.45) is 7.52. The minimum atomic E-state index is 0. The Kier molecular flexibility index (Phi) is 4.61. The summed E-state index contributed by atoms with van der Waals surface area (Å²) in [5, 5.41) is 0. The van der Waals surface area contributed by atoms with E-state index in [2.05, 4.69) is 18.9 Å². The maximum absolute atomic E-state index is 3.63. The summed E-state index contributed by atoms with van der Waals surface area (Å²) in [6.45, 7) is 6.60. The number of aromatic nitrogens is 2. The van der Waals surface area contributed by atoms with Crippen LogP contribution < -0.4 is 27.0 Å². The van der Waals surface area contributed by atoms with Gasteiger partial charge in [-0.2, -0.15) is 0 Å². The lowest BCUT2D eigenvalue weighted by atomic mass is 10.8. The van der Waals surface area contributed by atoms with Crippen LogP contribution in [0, 0.1) is 0 Å². The largest absolute Gasteiger partial charge is 1.00 e. The van der Waals surface area contributed by atoms with Crippen LogP contribution in [0.5, 0.6) is 0 Å². The van der Waals surface area contributed by atoms with E-state index in [9.17, 15) is 0 Å². The lowest BCUT2D eigenvalue weighted by Gasteiger charge is -1.92. The van der Waals surface area contributed by atoms with E-state index in [-0.39, 0.29) is 17.0 Å². The van der Waals surface area contributed by atoms with E-state index < -0.39 is 0 Å². The van der Waals surface area contributed by atoms with Gasteiger partial charge in [-0.15, -0.1) is 4.68 Å². The fourth-order valence-corrected chi connectivity index (χ4v) is 0.754. The van der Waals surface area contributed by atoms with Crippen molar-refractivity contribution < 1.29 is 21.5 Å². The molecule has 0 radical (unpaired) electrons. The van der Waals surface area contributed by atoms with Gasteiger partial charge in [0.05, 0.1) is 6.20 Å². The summed E-state index contributed by atoms with van der Waals surface area (Å²) >= 11 is 0. The fraction of sp³-hybridized carbons (Fsp3) is 0.286. The summed E-state index contributed by atoms with van der Waals surface area (Å²) in [7, 11) is 0. The van der Waals surface area contributed by atoms with E-state index in [1.807, 2.05) is 28.0 Å². The van der Waals surface area contributed by atoms with Crippen molar-refractivity contribution in [2.75, 3.05) is 12.0 Å². The van der Waals surface area contributed by atoms with Crippen LogP contribution in [-0.2, 0) is 0 Å². The van der Waals surface area contributed by atoms with Gasteiger partial charge in [0.15, 0.2) is 6.20 Å². The van der Waals surface area contributed by atoms with Gasteiger partial charge in [0.1, 0.15) is 6.20 Å². The van der Waals surface area contributed by atoms with Gasteiger partial charge in [-0.25, -0.2) is 4.57 Å². The molecule has 0 bridgehead atoms. The first kappa shape index (κ1) is 10.2. The number of halogens is 1. The molecule has 4 heteroatoms. The molecule has 0 atom stereocenters. The molecule has 0 spiro atoms. The van der Waals surface area contributed by atoms with E-state index in [0.717, 1.165) is 6.54 Å². The quantitative estimate of drug-likeness (QED) is 0.554. The van der Waals surface area contributed by atoms with Crippen LogP contribution in [0.25, 0.3) is 6.20 Å². The van der Waals surface area contributed by atoms with Gasteiger partial charge in [-0.1, -0.05) is 6.58 Å². The lowest BCUT2D eigenvalue weighted by Crippen LogP contribution is -3.00. The molecule has 1 rings (SSSR count). The van der Waals surface area contributed by atoms with Crippen molar-refractivity contribution in [3.8, 4) is 0 Å². The molecular weight excluding hydrogens is 206 g/mol. The third-order valence-electron chi connectivity index (χ3n) is 1.21. The molecule has 0 aliphatic rings. The molecule has 0 unspecified atom stereocenters. The Labute approximate surface area is 77.1 Å². The van der Waals surface area contributed by atoms with Gasteiger partial charge < -0.3 is 17.0 Å². The Morgan fingerprint density at radius 2 is 2.45 bits per heavy atom. The molecule has 11 heavy (non-hydrogen) atoms. The molecular formula is C7H12BrN3. The van der Waals surface area contributed by atoms with Gasteiger partial charge in [-0.05, 0) is 6.92 Å². The summed E-state index contributed by atoms with van der Waals surface area (Å²) < 4.78 is 3.77. The predicted octanol–water partition coefficient (Wildman–Crippen LogP) is -2.56. The summed E-state index contributed by atoms with van der Waals surface area (Å²) in [6, 6.07) is 0. The Morgan fingerprint density at radius 1 is 1.73 bits per heavy atom. The van der Waals surface area contributed by atoms with Crippen molar-refractivity contribution in [2.24, 2.45) is 0 Å². The number of hydrogen-bond donors (Lipinski definition) is 1. The zero-order valence-corrected chi connectivity index (χ0v) is 8.08. The first-order valence-corrected chi connectivity index (χ1v) is 3.32. The minimum Gasteiger partial charge on any atom is -1.00 e. The normalized spacial score (nSPS) is 8.45. The van der Waals surface area contributed by atoms with Crippen molar-refractivity contribution >= 4 is 6.20 Å². The van der Waals surface area contributed by atoms with E-state index in [4.69, 9.17) is 0 Å². The van der Waals surface area contributed by atoms with Crippen molar-refractivity contribution in [3.63, 3.8) is 0 Å². The second-order valence-electron chi connectivity index (χ2n) is 1.96. The number of hydrogen-bond acceptors (Lipinski definition) is 1. The molecule has 0 aliphatic heterocycles. The number of rotatable bonds is 3. The van der Waals surface area contributed by atoms with Gasteiger partial charge in [0.2, 0.25) is 0 Å². The molecule has 62 valence electrons. The van der Waals surface area contributed by atoms with E-state index in [0.29, 0.717) is 0 Å². The van der Waals surface area contributed by atoms with Crippen molar-refractivity contribution in [2.45, 2.75) is 6.92 Å². The van der Waals surface area contributed by atoms with Crippen LogP contribution in [0.2, 0.25) is 0 Å². The Balaban J connectivity index is 0.000001000. The van der Waals surface area contributed by atoms with Crippen LogP contribution in [0.15, 0.2) is 25.3 Å². The van der Waals surface area contributed by atoms with Crippen molar-refractivity contribution in [3.05, 3.63) is 25.3 Å². The first-order chi connectivity index (χ1) is 4.86. The van der Waals surface area contributed by atoms with Gasteiger partial charge in [0.25, 0.3) is 6.33 Å². The molecule has 0 amide bonds. The molecule has 0 saturated carbocycles. The summed E-state index contributed by atoms with van der Waals surface area (Å²) in [5.41, 5.74) is 3.11. The molecule has 0 saturated heterocycles. The topological polar surface area (TPSA) is 20.8 Å². The van der Waals surface area contributed by atoms with Gasteiger partial charge in [0, 0.05) is 6.54 Å². The third kappa shape index (κ3) is 2.76. The van der Waals surface area contributed by atoms with Crippen LogP contribution in [0.3, 0.4) is 0 Å². The van der Waals surface area contributed by atoms with Crippen LogP contribution in [0.4, 0.5) is 0 Å². The number of nitrogens with zero attached hydrogens (tertiary/aromatic N) is 2. The van der Waals surface area contributed by atoms with Crippen LogP contribution in [-0.4, -0.2) is 11.2 Å². The molecule has 3 nitrogen and oxygen atoms in total. The third-order valence-corrected chi connectivity index (χ3v) is 1.21. The maximum Gasteiger partial charge on any atom is 0.271 e. The summed E-state index contributed by atoms with van der Waals surface area (Å²) in [5.74, 6) is 0. The Bertz CT molecular complexity index is 219. The number of nitrogens with one attached hydrogen (secondary N) is 1. The van der Waals surface area contributed by atoms with Crippen LogP contribution in [0.1, 0.15) is 6.92 Å². The molecule has 1 aromatic rings. The van der Waals surface area contributed by atoms with Crippen molar-refractivity contribution in [1.82, 2.24) is 4.68 Å². The average Bonchev–Trinajstić information content (AvgIpc) is 2.37. The highest BCUT2D eigenvalue weighted by molar-refractivity contribution is 4.95. The maximum atomic E-state index is 3.63. The zero-order chi connectivity index (χ0) is 7.40. The lowest BCUT2D eigenvalue weighted by molar-refractivity contribution is -0.567. The van der Waals surface area contributed by atoms with Gasteiger partial charge >= 0.3 is 0 Å². The fourth-order valence-electron chi connectivity index (χ4n) is 0.754. The molecule has 1 heterocycles. The monoisotopic (exact) mass is 217 g/mol. The second kappa shape index (κ2) is 4.96. The Hall–Kier alpha value is -0.770. The minimum absolute atomic E-state index is 0. The highest BCUT2D eigenvalue weighted by Crippen LogP contribution is 1.77. The second-order valence-corrected chi connectivity index (χ2v) is 1.96. The zero-order valence-electron chi connectivity index (χ0n) is 6.50. The van der Waals surface area contributed by atoms with E-state index >= 15 is 0 Å². The highest BCUT2D eigenvalue weighted by Gasteiger charge is 1.95. The molecule has 0 aromatic carbocycles. The van der Waals surface area contributed by atoms with E-state index in [1.165, 1.54) is 0 Å². The number of imidazole rings is 1. The molecule has 0 aliphatic carbocycles. The SMILES string of the molecule is C=C[n+]1ccn(NCC)c1.[Br-]. The predicted molar refractivity (Wildman–Crippen MR) is 40.9 cm³/mol.